The minimum atomic E-state index is -1.18. The fourth-order valence-electron chi connectivity index (χ4n) is 6.15. The zero-order chi connectivity index (χ0) is 30.1. The molecule has 2 bridgehead atoms. The number of thioether (sulfide) groups is 1. The Labute approximate surface area is 257 Å². The van der Waals surface area contributed by atoms with Gasteiger partial charge in [0.1, 0.15) is 21.9 Å². The number of carbonyl (C=O) groups excluding carboxylic acids is 2. The minimum absolute atomic E-state index is 0.0480. The number of H-pyrrole nitrogens is 1. The maximum atomic E-state index is 13.3. The fourth-order valence-corrected chi connectivity index (χ4v) is 7.50. The Morgan fingerprint density at radius 2 is 2.14 bits per heavy atom. The maximum absolute atomic E-state index is 13.3. The van der Waals surface area contributed by atoms with Gasteiger partial charge in [0.15, 0.2) is 18.1 Å². The van der Waals surface area contributed by atoms with Crippen LogP contribution in [0.25, 0.3) is 17.4 Å². The van der Waals surface area contributed by atoms with Crippen molar-refractivity contribution < 1.29 is 33.4 Å². The third-order valence-electron chi connectivity index (χ3n) is 8.18. The molecule has 11 nitrogen and oxygen atoms in total. The van der Waals surface area contributed by atoms with Crippen molar-refractivity contribution in [2.75, 3.05) is 13.7 Å². The average molecular weight is 623 g/mol. The highest BCUT2D eigenvalue weighted by Crippen LogP contribution is 2.49. The van der Waals surface area contributed by atoms with Crippen LogP contribution in [-0.2, 0) is 20.8 Å². The van der Waals surface area contributed by atoms with Crippen molar-refractivity contribution in [2.45, 2.75) is 44.2 Å². The van der Waals surface area contributed by atoms with E-state index in [1.165, 1.54) is 50.7 Å². The van der Waals surface area contributed by atoms with Crippen LogP contribution >= 0.6 is 24.0 Å². The standard InChI is InChI=1S/C30H30N4O7S2/c1-39-24-6-4-18(10-25(24)40-14-27(35)33-21(29(37)38)11-19-13-31-15-32-19)23-7-5-20(41-23)12-26-28(36)34(30(42)43-26)22-9-16-2-3-17(22)8-16/h4-7,10,12-13,15-17,21-22H,2-3,8-9,11,14H2,1H3,(H,31,32)(H,33,35)(H,37,38)/t16?,17?,21-,22?/m0/s1. The summed E-state index contributed by atoms with van der Waals surface area (Å²) in [4.78, 5) is 46.5. The molecular weight excluding hydrogens is 592 g/mol. The number of imidazole rings is 1. The van der Waals surface area contributed by atoms with Crippen molar-refractivity contribution >= 4 is 52.2 Å². The molecule has 3 N–H and O–H groups in total. The van der Waals surface area contributed by atoms with Crippen LogP contribution in [0.4, 0.5) is 0 Å². The van der Waals surface area contributed by atoms with E-state index in [1.807, 2.05) is 4.90 Å². The zero-order valence-electron chi connectivity index (χ0n) is 23.3. The molecule has 0 radical (unpaired) electrons. The van der Waals surface area contributed by atoms with E-state index in [0.717, 1.165) is 6.42 Å². The van der Waals surface area contributed by atoms with E-state index in [2.05, 4.69) is 15.3 Å². The van der Waals surface area contributed by atoms with Crippen LogP contribution in [0.1, 0.15) is 37.1 Å². The number of hydrogen-bond acceptors (Lipinski definition) is 9. The lowest BCUT2D eigenvalue weighted by Gasteiger charge is -2.30. The summed E-state index contributed by atoms with van der Waals surface area (Å²) in [5.41, 5.74) is 1.24. The number of hydrogen-bond donors (Lipinski definition) is 3. The van der Waals surface area contributed by atoms with Gasteiger partial charge in [-0.05, 0) is 61.4 Å². The van der Waals surface area contributed by atoms with E-state index in [0.29, 0.717) is 49.6 Å². The number of amides is 2. The molecular formula is C30H30N4O7S2. The van der Waals surface area contributed by atoms with E-state index in [-0.39, 0.29) is 24.1 Å². The van der Waals surface area contributed by atoms with E-state index >= 15 is 0 Å². The molecule has 2 amide bonds. The summed E-state index contributed by atoms with van der Waals surface area (Å²) in [6, 6.07) is 7.76. The molecule has 0 spiro atoms. The minimum Gasteiger partial charge on any atom is -0.493 e. The van der Waals surface area contributed by atoms with Crippen molar-refractivity contribution in [3.63, 3.8) is 0 Å². The second-order valence-electron chi connectivity index (χ2n) is 10.9. The summed E-state index contributed by atoms with van der Waals surface area (Å²) in [5, 5.41) is 12.0. The van der Waals surface area contributed by atoms with Crippen LogP contribution in [0, 0.1) is 11.8 Å². The summed E-state index contributed by atoms with van der Waals surface area (Å²) >= 11 is 6.91. The lowest BCUT2D eigenvalue weighted by molar-refractivity contribution is -0.142. The number of aromatic amines is 1. The molecule has 2 aromatic heterocycles. The van der Waals surface area contributed by atoms with Crippen molar-refractivity contribution in [1.29, 1.82) is 0 Å². The molecule has 1 saturated heterocycles. The Hall–Kier alpha value is -4.10. The summed E-state index contributed by atoms with van der Waals surface area (Å²) in [5.74, 6) is 1.11. The Balaban J connectivity index is 1.12. The fraction of sp³-hybridized carbons (Fsp3) is 0.367. The first kappa shape index (κ1) is 29.0. The van der Waals surface area contributed by atoms with Crippen LogP contribution in [0.2, 0.25) is 0 Å². The highest BCUT2D eigenvalue weighted by Gasteiger charge is 2.48. The molecule has 2 saturated carbocycles. The Morgan fingerprint density at radius 1 is 1.28 bits per heavy atom. The third kappa shape index (κ3) is 6.18. The van der Waals surface area contributed by atoms with Crippen LogP contribution < -0.4 is 14.8 Å². The van der Waals surface area contributed by atoms with Gasteiger partial charge in [0, 0.05) is 36.0 Å². The molecule has 6 rings (SSSR count). The normalized spacial score (nSPS) is 22.8. The number of nitrogens with zero attached hydrogens (tertiary/aromatic N) is 2. The summed E-state index contributed by atoms with van der Waals surface area (Å²) < 4.78 is 17.8. The third-order valence-corrected chi connectivity index (χ3v) is 9.51. The van der Waals surface area contributed by atoms with Crippen molar-refractivity contribution in [1.82, 2.24) is 20.2 Å². The summed E-state index contributed by atoms with van der Waals surface area (Å²) in [7, 11) is 1.48. The van der Waals surface area contributed by atoms with Gasteiger partial charge in [0.2, 0.25) is 0 Å². The van der Waals surface area contributed by atoms with E-state index in [1.54, 1.807) is 36.4 Å². The Bertz CT molecular complexity index is 1580. The summed E-state index contributed by atoms with van der Waals surface area (Å²) in [6.45, 7) is -0.430. The van der Waals surface area contributed by atoms with E-state index < -0.39 is 24.5 Å². The molecule has 3 aliphatic rings. The number of aromatic nitrogens is 2. The highest BCUT2D eigenvalue weighted by atomic mass is 32.2. The predicted octanol–water partition coefficient (Wildman–Crippen LogP) is 4.26. The predicted molar refractivity (Wildman–Crippen MR) is 162 cm³/mol. The zero-order valence-corrected chi connectivity index (χ0v) is 24.9. The lowest BCUT2D eigenvalue weighted by atomic mass is 9.94. The van der Waals surface area contributed by atoms with Crippen LogP contribution in [0.3, 0.4) is 0 Å². The second-order valence-corrected chi connectivity index (χ2v) is 12.6. The first-order valence-electron chi connectivity index (χ1n) is 14.0. The molecule has 13 heteroatoms. The number of furan rings is 1. The van der Waals surface area contributed by atoms with E-state index in [9.17, 15) is 19.5 Å². The van der Waals surface area contributed by atoms with Gasteiger partial charge in [-0.25, -0.2) is 9.78 Å². The number of carboxylic acid groups (broad SMARTS) is 1. The van der Waals surface area contributed by atoms with E-state index in [4.69, 9.17) is 26.1 Å². The molecule has 4 atom stereocenters. The van der Waals surface area contributed by atoms with Gasteiger partial charge >= 0.3 is 5.97 Å². The molecule has 3 aromatic rings. The van der Waals surface area contributed by atoms with Gasteiger partial charge in [-0.1, -0.05) is 30.4 Å². The number of ether oxygens (including phenoxy) is 2. The number of aliphatic carboxylic acids is 1. The number of benzene rings is 1. The monoisotopic (exact) mass is 622 g/mol. The molecule has 2 aliphatic carbocycles. The Morgan fingerprint density at radius 3 is 2.84 bits per heavy atom. The van der Waals surface area contributed by atoms with Crippen LogP contribution in [-0.4, -0.2) is 67.9 Å². The number of rotatable bonds is 11. The number of carboxylic acids is 1. The number of methoxy groups -OCH3 is 1. The first-order valence-corrected chi connectivity index (χ1v) is 15.2. The van der Waals surface area contributed by atoms with Gasteiger partial charge in [-0.3, -0.25) is 14.5 Å². The number of thiocarbonyl (C=S) groups is 1. The van der Waals surface area contributed by atoms with Gasteiger partial charge in [0.05, 0.1) is 18.3 Å². The van der Waals surface area contributed by atoms with Gasteiger partial charge in [-0.2, -0.15) is 0 Å². The second kappa shape index (κ2) is 12.3. The molecule has 3 heterocycles. The lowest BCUT2D eigenvalue weighted by Crippen LogP contribution is -2.44. The van der Waals surface area contributed by atoms with Crippen molar-refractivity contribution in [3.05, 3.63) is 59.2 Å². The molecule has 3 unspecified atom stereocenters. The van der Waals surface area contributed by atoms with Crippen LogP contribution in [0.15, 0.2) is 52.2 Å². The maximum Gasteiger partial charge on any atom is 0.326 e. The molecule has 43 heavy (non-hydrogen) atoms. The molecule has 224 valence electrons. The van der Waals surface area contributed by atoms with Crippen LogP contribution in [0.5, 0.6) is 11.5 Å². The topological polar surface area (TPSA) is 147 Å². The SMILES string of the molecule is COc1ccc(-c2ccc(C=C3SC(=S)N(C4CC5CCC4C5)C3=O)o2)cc1OCC(=O)N[C@@H](Cc1cnc[nH]1)C(=O)O. The summed E-state index contributed by atoms with van der Waals surface area (Å²) in [6.07, 6.45) is 9.35. The van der Waals surface area contributed by atoms with Crippen molar-refractivity contribution in [2.24, 2.45) is 11.8 Å². The molecule has 1 aliphatic heterocycles. The average Bonchev–Trinajstić information content (AvgIpc) is 3.83. The van der Waals surface area contributed by atoms with Gasteiger partial charge < -0.3 is 29.3 Å². The number of fused-ring (bicyclic) bond motifs is 2. The first-order chi connectivity index (χ1) is 20.8. The smallest absolute Gasteiger partial charge is 0.326 e. The quantitative estimate of drug-likeness (QED) is 0.209. The van der Waals surface area contributed by atoms with Gasteiger partial charge in [-0.15, -0.1) is 0 Å². The highest BCUT2D eigenvalue weighted by molar-refractivity contribution is 8.26. The Kier molecular flexibility index (Phi) is 8.26. The number of nitrogens with one attached hydrogen (secondary N) is 2. The largest absolute Gasteiger partial charge is 0.493 e. The van der Waals surface area contributed by atoms with Crippen molar-refractivity contribution in [3.8, 4) is 22.8 Å². The number of carbonyl (C=O) groups is 3. The molecule has 1 aromatic carbocycles. The van der Waals surface area contributed by atoms with Gasteiger partial charge in [0.25, 0.3) is 11.8 Å². The molecule has 3 fully saturated rings.